The Bertz CT molecular complexity index is 686. The molecular formula is C18H21N3O. The molecule has 22 heavy (non-hydrogen) atoms. The maximum absolute atomic E-state index is 9.20. The lowest BCUT2D eigenvalue weighted by Crippen LogP contribution is -2.45. The number of piperazine rings is 1. The summed E-state index contributed by atoms with van der Waals surface area (Å²) in [4.78, 5) is 2.41. The van der Waals surface area contributed by atoms with Crippen LogP contribution in [0.1, 0.15) is 18.0 Å². The molecule has 2 aromatic rings. The van der Waals surface area contributed by atoms with E-state index < -0.39 is 0 Å². The largest absolute Gasteiger partial charge is 0.497 e. The van der Waals surface area contributed by atoms with Gasteiger partial charge in [-0.2, -0.15) is 5.26 Å². The zero-order valence-corrected chi connectivity index (χ0v) is 12.9. The van der Waals surface area contributed by atoms with Crippen molar-refractivity contribution in [1.29, 1.82) is 5.26 Å². The van der Waals surface area contributed by atoms with Gasteiger partial charge in [0.05, 0.1) is 19.6 Å². The summed E-state index contributed by atoms with van der Waals surface area (Å²) >= 11 is 0. The zero-order valence-electron chi connectivity index (χ0n) is 12.9. The molecule has 4 nitrogen and oxygen atoms in total. The van der Waals surface area contributed by atoms with Crippen LogP contribution in [0.5, 0.6) is 5.75 Å². The number of fused-ring (bicyclic) bond motifs is 1. The first-order valence-corrected chi connectivity index (χ1v) is 7.71. The zero-order chi connectivity index (χ0) is 15.4. The van der Waals surface area contributed by atoms with Crippen molar-refractivity contribution in [3.8, 4) is 11.8 Å². The Morgan fingerprint density at radius 2 is 1.91 bits per heavy atom. The highest BCUT2D eigenvalue weighted by atomic mass is 16.5. The normalized spacial score (nSPS) is 17.1. The van der Waals surface area contributed by atoms with Crippen LogP contribution in [-0.2, 0) is 0 Å². The van der Waals surface area contributed by atoms with Gasteiger partial charge in [0.1, 0.15) is 5.75 Å². The molecule has 1 aliphatic rings. The molecule has 1 fully saturated rings. The highest BCUT2D eigenvalue weighted by Gasteiger charge is 2.22. The molecule has 0 bridgehead atoms. The van der Waals surface area contributed by atoms with E-state index >= 15 is 0 Å². The first-order valence-electron chi connectivity index (χ1n) is 7.71. The Balaban J connectivity index is 1.93. The number of rotatable bonds is 4. The van der Waals surface area contributed by atoms with Crippen molar-refractivity contribution < 1.29 is 4.74 Å². The predicted octanol–water partition coefficient (Wildman–Crippen LogP) is 2.71. The Kier molecular flexibility index (Phi) is 4.57. The fourth-order valence-corrected chi connectivity index (χ4v) is 3.11. The van der Waals surface area contributed by atoms with E-state index in [1.807, 2.05) is 12.1 Å². The van der Waals surface area contributed by atoms with Crippen LogP contribution in [-0.4, -0.2) is 38.2 Å². The maximum Gasteiger partial charge on any atom is 0.119 e. The Hall–Kier alpha value is -2.09. The third-order valence-corrected chi connectivity index (χ3v) is 4.33. The number of methoxy groups -OCH3 is 1. The lowest BCUT2D eigenvalue weighted by Gasteiger charge is -2.34. The third kappa shape index (κ3) is 3.06. The first kappa shape index (κ1) is 14.8. The molecule has 1 saturated heterocycles. The van der Waals surface area contributed by atoms with Crippen LogP contribution in [0.3, 0.4) is 0 Å². The van der Waals surface area contributed by atoms with Crippen LogP contribution < -0.4 is 10.1 Å². The molecule has 4 heteroatoms. The molecule has 2 aromatic carbocycles. The molecule has 1 atom stereocenters. The first-order chi connectivity index (χ1) is 10.8. The topological polar surface area (TPSA) is 48.3 Å². The van der Waals surface area contributed by atoms with E-state index in [-0.39, 0.29) is 6.04 Å². The van der Waals surface area contributed by atoms with E-state index in [1.165, 1.54) is 16.3 Å². The van der Waals surface area contributed by atoms with Crippen LogP contribution in [0.15, 0.2) is 36.4 Å². The second-order valence-electron chi connectivity index (χ2n) is 5.64. The quantitative estimate of drug-likeness (QED) is 0.942. The van der Waals surface area contributed by atoms with Crippen molar-refractivity contribution in [2.24, 2.45) is 0 Å². The average molecular weight is 295 g/mol. The minimum atomic E-state index is 0.179. The van der Waals surface area contributed by atoms with Gasteiger partial charge in [-0.15, -0.1) is 0 Å². The number of ether oxygens (including phenoxy) is 1. The molecule has 1 heterocycles. The number of benzene rings is 2. The molecule has 0 amide bonds. The molecular weight excluding hydrogens is 274 g/mol. The summed E-state index contributed by atoms with van der Waals surface area (Å²) in [6, 6.07) is 15.1. The Morgan fingerprint density at radius 3 is 2.64 bits per heavy atom. The summed E-state index contributed by atoms with van der Waals surface area (Å²) in [5, 5.41) is 14.9. The van der Waals surface area contributed by atoms with Gasteiger partial charge in [-0.25, -0.2) is 0 Å². The van der Waals surface area contributed by atoms with Crippen molar-refractivity contribution in [2.45, 2.75) is 12.5 Å². The molecule has 1 aliphatic heterocycles. The summed E-state index contributed by atoms with van der Waals surface area (Å²) in [7, 11) is 1.68. The minimum absolute atomic E-state index is 0.179. The standard InChI is InChI=1S/C18H21N3O/c1-22-17-5-4-14-12-16(3-2-15(14)13-17)18(6-7-19)21-10-8-20-9-11-21/h2-5,12-13,18,20H,6,8-11H2,1H3/t18-/m0/s1. The monoisotopic (exact) mass is 295 g/mol. The van der Waals surface area contributed by atoms with Crippen LogP contribution >= 0.6 is 0 Å². The second kappa shape index (κ2) is 6.78. The number of nitrogens with zero attached hydrogens (tertiary/aromatic N) is 2. The SMILES string of the molecule is COc1ccc2cc([C@H](CC#N)N3CCNCC3)ccc2c1. The Morgan fingerprint density at radius 1 is 1.18 bits per heavy atom. The molecule has 0 unspecified atom stereocenters. The van der Waals surface area contributed by atoms with Crippen LogP contribution in [0.2, 0.25) is 0 Å². The number of hydrogen-bond donors (Lipinski definition) is 1. The fraction of sp³-hybridized carbons (Fsp3) is 0.389. The van der Waals surface area contributed by atoms with Crippen molar-refractivity contribution >= 4 is 10.8 Å². The van der Waals surface area contributed by atoms with E-state index in [0.29, 0.717) is 6.42 Å². The molecule has 0 radical (unpaired) electrons. The Labute approximate surface area is 131 Å². The summed E-state index contributed by atoms with van der Waals surface area (Å²) in [5.41, 5.74) is 1.22. The summed E-state index contributed by atoms with van der Waals surface area (Å²) < 4.78 is 5.28. The van der Waals surface area contributed by atoms with Crippen LogP contribution in [0.4, 0.5) is 0 Å². The van der Waals surface area contributed by atoms with Crippen molar-refractivity contribution in [2.75, 3.05) is 33.3 Å². The van der Waals surface area contributed by atoms with Crippen LogP contribution in [0, 0.1) is 11.3 Å². The van der Waals surface area contributed by atoms with E-state index in [2.05, 4.69) is 40.6 Å². The summed E-state index contributed by atoms with van der Waals surface area (Å²) in [6.45, 7) is 3.97. The summed E-state index contributed by atoms with van der Waals surface area (Å²) in [5.74, 6) is 0.871. The van der Waals surface area contributed by atoms with Gasteiger partial charge in [-0.3, -0.25) is 4.90 Å². The van der Waals surface area contributed by atoms with Crippen LogP contribution in [0.25, 0.3) is 10.8 Å². The van der Waals surface area contributed by atoms with E-state index in [9.17, 15) is 5.26 Å². The molecule has 0 spiro atoms. The lowest BCUT2D eigenvalue weighted by molar-refractivity contribution is 0.176. The second-order valence-corrected chi connectivity index (χ2v) is 5.64. The molecule has 0 saturated carbocycles. The highest BCUT2D eigenvalue weighted by molar-refractivity contribution is 5.84. The molecule has 3 rings (SSSR count). The molecule has 1 N–H and O–H groups in total. The summed E-state index contributed by atoms with van der Waals surface area (Å²) in [6.07, 6.45) is 0.529. The van der Waals surface area contributed by atoms with E-state index in [4.69, 9.17) is 4.74 Å². The fourth-order valence-electron chi connectivity index (χ4n) is 3.11. The van der Waals surface area contributed by atoms with Gasteiger partial charge in [0.2, 0.25) is 0 Å². The number of hydrogen-bond acceptors (Lipinski definition) is 4. The lowest BCUT2D eigenvalue weighted by atomic mass is 9.98. The third-order valence-electron chi connectivity index (χ3n) is 4.33. The highest BCUT2D eigenvalue weighted by Crippen LogP contribution is 2.29. The minimum Gasteiger partial charge on any atom is -0.497 e. The molecule has 114 valence electrons. The van der Waals surface area contributed by atoms with E-state index in [0.717, 1.165) is 31.9 Å². The van der Waals surface area contributed by atoms with Gasteiger partial charge in [-0.1, -0.05) is 18.2 Å². The van der Waals surface area contributed by atoms with E-state index in [1.54, 1.807) is 7.11 Å². The van der Waals surface area contributed by atoms with Gasteiger partial charge in [0, 0.05) is 32.2 Å². The van der Waals surface area contributed by atoms with Gasteiger partial charge in [0.15, 0.2) is 0 Å². The van der Waals surface area contributed by atoms with Gasteiger partial charge in [0.25, 0.3) is 0 Å². The van der Waals surface area contributed by atoms with Crippen molar-refractivity contribution in [3.05, 3.63) is 42.0 Å². The number of nitrogens with one attached hydrogen (secondary N) is 1. The van der Waals surface area contributed by atoms with Gasteiger partial charge < -0.3 is 10.1 Å². The number of nitriles is 1. The van der Waals surface area contributed by atoms with Gasteiger partial charge in [-0.05, 0) is 34.5 Å². The van der Waals surface area contributed by atoms with Crippen molar-refractivity contribution in [1.82, 2.24) is 10.2 Å². The predicted molar refractivity (Wildman–Crippen MR) is 87.9 cm³/mol. The van der Waals surface area contributed by atoms with Gasteiger partial charge >= 0.3 is 0 Å². The van der Waals surface area contributed by atoms with Crippen molar-refractivity contribution in [3.63, 3.8) is 0 Å². The smallest absolute Gasteiger partial charge is 0.119 e. The molecule has 0 aliphatic carbocycles. The maximum atomic E-state index is 9.20. The molecule has 0 aromatic heterocycles. The average Bonchev–Trinajstić information content (AvgIpc) is 2.59.